The van der Waals surface area contributed by atoms with Crippen LogP contribution < -0.4 is 15.0 Å². The Morgan fingerprint density at radius 3 is 2.62 bits per heavy atom. The maximum Gasteiger partial charge on any atom is 0.337 e. The van der Waals surface area contributed by atoms with E-state index in [1.807, 2.05) is 0 Å². The third kappa shape index (κ3) is 4.24. The summed E-state index contributed by atoms with van der Waals surface area (Å²) in [6, 6.07) is 11.2. The number of carboxylic acid groups (broad SMARTS) is 1. The molecule has 1 unspecified atom stereocenters. The van der Waals surface area contributed by atoms with Crippen molar-refractivity contribution in [3.63, 3.8) is 0 Å². The first kappa shape index (κ1) is 20.4. The monoisotopic (exact) mass is 414 g/mol. The van der Waals surface area contributed by atoms with Gasteiger partial charge in [0.25, 0.3) is 5.24 Å². The third-order valence-electron chi connectivity index (χ3n) is 4.30. The highest BCUT2D eigenvalue weighted by Gasteiger charge is 2.42. The summed E-state index contributed by atoms with van der Waals surface area (Å²) < 4.78 is 5.21. The molecular formula is C20H18N2O6S. The van der Waals surface area contributed by atoms with Gasteiger partial charge in [-0.05, 0) is 48.5 Å². The first-order valence-electron chi connectivity index (χ1n) is 8.63. The van der Waals surface area contributed by atoms with Gasteiger partial charge >= 0.3 is 5.97 Å². The lowest BCUT2D eigenvalue weighted by molar-refractivity contribution is -0.121. The van der Waals surface area contributed by atoms with Gasteiger partial charge in [-0.3, -0.25) is 14.4 Å². The number of methoxy groups -OCH3 is 1. The molecule has 150 valence electrons. The van der Waals surface area contributed by atoms with E-state index in [1.165, 1.54) is 19.2 Å². The number of carboxylic acids is 1. The van der Waals surface area contributed by atoms with E-state index in [9.17, 15) is 24.3 Å². The number of hydrogen-bond acceptors (Lipinski definition) is 6. The van der Waals surface area contributed by atoms with E-state index in [-0.39, 0.29) is 17.7 Å². The van der Waals surface area contributed by atoms with E-state index in [4.69, 9.17) is 4.74 Å². The normalized spacial score (nSPS) is 16.1. The lowest BCUT2D eigenvalue weighted by Crippen LogP contribution is -2.33. The summed E-state index contributed by atoms with van der Waals surface area (Å²) in [5, 5.41) is 10.4. The molecule has 1 saturated heterocycles. The van der Waals surface area contributed by atoms with E-state index in [1.54, 1.807) is 37.3 Å². The van der Waals surface area contributed by atoms with Crippen LogP contribution in [0.4, 0.5) is 16.2 Å². The number of ether oxygens (including phenoxy) is 1. The summed E-state index contributed by atoms with van der Waals surface area (Å²) >= 11 is 0.753. The number of hydrogen-bond donors (Lipinski definition) is 2. The molecule has 2 aromatic rings. The van der Waals surface area contributed by atoms with Crippen molar-refractivity contribution in [2.24, 2.45) is 0 Å². The molecule has 1 aliphatic heterocycles. The predicted octanol–water partition coefficient (Wildman–Crippen LogP) is 3.30. The zero-order valence-electron chi connectivity index (χ0n) is 15.7. The van der Waals surface area contributed by atoms with Crippen LogP contribution in [0.3, 0.4) is 0 Å². The van der Waals surface area contributed by atoms with Crippen LogP contribution in [-0.4, -0.2) is 40.5 Å². The summed E-state index contributed by atoms with van der Waals surface area (Å²) in [7, 11) is 1.43. The molecule has 0 bridgehead atoms. The second-order valence-corrected chi connectivity index (χ2v) is 7.48. The number of aryl methyl sites for hydroxylation is 1. The third-order valence-corrected chi connectivity index (χ3v) is 5.33. The van der Waals surface area contributed by atoms with Gasteiger partial charge in [-0.1, -0.05) is 18.2 Å². The zero-order valence-corrected chi connectivity index (χ0v) is 16.5. The highest BCUT2D eigenvalue weighted by atomic mass is 32.2. The number of benzene rings is 2. The second-order valence-electron chi connectivity index (χ2n) is 6.32. The quantitative estimate of drug-likeness (QED) is 0.746. The SMILES string of the molecule is COc1ccccc1N1C(=O)SC(CC(=O)Nc2cc(C)ccc2C(=O)O)C1=O. The first-order valence-corrected chi connectivity index (χ1v) is 9.51. The van der Waals surface area contributed by atoms with Gasteiger partial charge in [0, 0.05) is 6.42 Å². The summed E-state index contributed by atoms with van der Waals surface area (Å²) in [5.41, 5.74) is 1.17. The van der Waals surface area contributed by atoms with Crippen LogP contribution in [-0.2, 0) is 9.59 Å². The summed E-state index contributed by atoms with van der Waals surface area (Å²) in [6.07, 6.45) is -0.270. The molecule has 29 heavy (non-hydrogen) atoms. The van der Waals surface area contributed by atoms with Gasteiger partial charge in [-0.25, -0.2) is 9.69 Å². The number of rotatable bonds is 6. The minimum absolute atomic E-state index is 0.0546. The van der Waals surface area contributed by atoms with E-state index in [0.29, 0.717) is 11.4 Å². The summed E-state index contributed by atoms with van der Waals surface area (Å²) in [5.74, 6) is -1.89. The molecule has 0 aromatic heterocycles. The number of carbonyl (C=O) groups excluding carboxylic acids is 3. The van der Waals surface area contributed by atoms with Gasteiger partial charge < -0.3 is 15.2 Å². The van der Waals surface area contributed by atoms with Crippen molar-refractivity contribution >= 4 is 46.2 Å². The Morgan fingerprint density at radius 1 is 1.21 bits per heavy atom. The molecule has 0 aliphatic carbocycles. The van der Waals surface area contributed by atoms with Crippen molar-refractivity contribution in [3.8, 4) is 5.75 Å². The molecule has 3 amide bonds. The van der Waals surface area contributed by atoms with Gasteiger partial charge in [-0.2, -0.15) is 0 Å². The standard InChI is InChI=1S/C20H18N2O6S/c1-11-7-8-12(19(25)26)13(9-11)21-17(23)10-16-18(24)22(20(27)29-16)14-5-3-4-6-15(14)28-2/h3-9,16H,10H2,1-2H3,(H,21,23)(H,25,26). The number of para-hydroxylation sites is 2. The fraction of sp³-hybridized carbons (Fsp3) is 0.200. The second kappa shape index (κ2) is 8.36. The van der Waals surface area contributed by atoms with Crippen molar-refractivity contribution < 1.29 is 29.0 Å². The molecule has 0 spiro atoms. The number of nitrogens with zero attached hydrogens (tertiary/aromatic N) is 1. The molecule has 9 heteroatoms. The van der Waals surface area contributed by atoms with Crippen LogP contribution in [0.25, 0.3) is 0 Å². The lowest BCUT2D eigenvalue weighted by atomic mass is 10.1. The highest BCUT2D eigenvalue weighted by Crippen LogP contribution is 2.38. The van der Waals surface area contributed by atoms with Crippen LogP contribution in [0.1, 0.15) is 22.3 Å². The Labute approximate surface area is 170 Å². The van der Waals surface area contributed by atoms with Crippen LogP contribution in [0.15, 0.2) is 42.5 Å². The molecule has 2 aromatic carbocycles. The average molecular weight is 414 g/mol. The average Bonchev–Trinajstić information content (AvgIpc) is 2.94. The summed E-state index contributed by atoms with van der Waals surface area (Å²) in [6.45, 7) is 1.77. The fourth-order valence-electron chi connectivity index (χ4n) is 2.94. The molecule has 1 aliphatic rings. The van der Waals surface area contributed by atoms with Crippen molar-refractivity contribution in [3.05, 3.63) is 53.6 Å². The van der Waals surface area contributed by atoms with E-state index in [2.05, 4.69) is 5.32 Å². The fourth-order valence-corrected chi connectivity index (χ4v) is 3.92. The van der Waals surface area contributed by atoms with Crippen molar-refractivity contribution in [2.45, 2.75) is 18.6 Å². The minimum atomic E-state index is -1.18. The number of thioether (sulfide) groups is 1. The number of amides is 3. The van der Waals surface area contributed by atoms with E-state index < -0.39 is 28.3 Å². The molecular weight excluding hydrogens is 396 g/mol. The molecule has 1 atom stereocenters. The molecule has 3 rings (SSSR count). The van der Waals surface area contributed by atoms with Crippen LogP contribution in [0.5, 0.6) is 5.75 Å². The van der Waals surface area contributed by atoms with Crippen molar-refractivity contribution in [1.29, 1.82) is 0 Å². The van der Waals surface area contributed by atoms with Gasteiger partial charge in [0.15, 0.2) is 0 Å². The van der Waals surface area contributed by atoms with Gasteiger partial charge in [0.05, 0.1) is 24.0 Å². The molecule has 1 fully saturated rings. The van der Waals surface area contributed by atoms with Crippen molar-refractivity contribution in [2.75, 3.05) is 17.3 Å². The number of carbonyl (C=O) groups is 4. The maximum absolute atomic E-state index is 12.8. The van der Waals surface area contributed by atoms with E-state index in [0.717, 1.165) is 22.2 Å². The number of anilines is 2. The Bertz CT molecular complexity index is 1010. The van der Waals surface area contributed by atoms with E-state index >= 15 is 0 Å². The predicted molar refractivity (Wildman–Crippen MR) is 109 cm³/mol. The first-order chi connectivity index (χ1) is 13.8. The lowest BCUT2D eigenvalue weighted by Gasteiger charge is -2.17. The Morgan fingerprint density at radius 2 is 1.93 bits per heavy atom. The number of imide groups is 1. The smallest absolute Gasteiger partial charge is 0.337 e. The summed E-state index contributed by atoms with van der Waals surface area (Å²) in [4.78, 5) is 49.9. The molecule has 2 N–H and O–H groups in total. The van der Waals surface area contributed by atoms with Crippen LogP contribution in [0.2, 0.25) is 0 Å². The number of nitrogens with one attached hydrogen (secondary N) is 1. The molecule has 0 radical (unpaired) electrons. The van der Waals surface area contributed by atoms with Crippen LogP contribution in [0, 0.1) is 6.92 Å². The minimum Gasteiger partial charge on any atom is -0.495 e. The van der Waals surface area contributed by atoms with Gasteiger partial charge in [0.1, 0.15) is 11.0 Å². The Kier molecular flexibility index (Phi) is 5.88. The Hall–Kier alpha value is -3.33. The van der Waals surface area contributed by atoms with Gasteiger partial charge in [-0.15, -0.1) is 0 Å². The largest absolute Gasteiger partial charge is 0.495 e. The number of aromatic carboxylic acids is 1. The zero-order chi connectivity index (χ0) is 21.1. The topological polar surface area (TPSA) is 113 Å². The molecule has 1 heterocycles. The van der Waals surface area contributed by atoms with Gasteiger partial charge in [0.2, 0.25) is 11.8 Å². The maximum atomic E-state index is 12.8. The van der Waals surface area contributed by atoms with Crippen LogP contribution >= 0.6 is 11.8 Å². The molecule has 0 saturated carbocycles. The Balaban J connectivity index is 1.76. The molecule has 8 nitrogen and oxygen atoms in total. The highest BCUT2D eigenvalue weighted by molar-refractivity contribution is 8.15. The van der Waals surface area contributed by atoms with Crippen molar-refractivity contribution in [1.82, 2.24) is 0 Å².